The van der Waals surface area contributed by atoms with E-state index in [-0.39, 0.29) is 5.91 Å². The van der Waals surface area contributed by atoms with Crippen molar-refractivity contribution >= 4 is 5.91 Å². The highest BCUT2D eigenvalue weighted by Crippen LogP contribution is 2.33. The third-order valence-electron chi connectivity index (χ3n) is 3.81. The lowest BCUT2D eigenvalue weighted by Crippen LogP contribution is -2.69. The maximum absolute atomic E-state index is 12.4. The molecular weight excluding hydrogens is 230 g/mol. The summed E-state index contributed by atoms with van der Waals surface area (Å²) < 4.78 is 5.11. The number of fused-ring (bicyclic) bond motifs is 2. The van der Waals surface area contributed by atoms with E-state index in [0.29, 0.717) is 23.4 Å². The summed E-state index contributed by atoms with van der Waals surface area (Å²) >= 11 is 0. The molecule has 5 heteroatoms. The molecule has 2 saturated heterocycles. The van der Waals surface area contributed by atoms with Crippen LogP contribution in [0.1, 0.15) is 16.8 Å². The first-order valence-electron chi connectivity index (χ1n) is 6.19. The summed E-state index contributed by atoms with van der Waals surface area (Å²) in [6.07, 6.45) is 4.36. The van der Waals surface area contributed by atoms with Crippen LogP contribution in [0.15, 0.2) is 18.5 Å². The van der Waals surface area contributed by atoms with Crippen LogP contribution in [0.25, 0.3) is 0 Å². The number of carbonyl (C=O) groups is 1. The highest BCUT2D eigenvalue weighted by Gasteiger charge is 2.46. The lowest BCUT2D eigenvalue weighted by molar-refractivity contribution is -0.0397. The fourth-order valence-corrected chi connectivity index (χ4v) is 2.95. The summed E-state index contributed by atoms with van der Waals surface area (Å²) in [6, 6.07) is 2.49. The van der Waals surface area contributed by atoms with Crippen LogP contribution in [0.4, 0.5) is 0 Å². The Morgan fingerprint density at radius 2 is 2.11 bits per heavy atom. The third-order valence-corrected chi connectivity index (χ3v) is 3.81. The van der Waals surface area contributed by atoms with Gasteiger partial charge in [0, 0.05) is 31.4 Å². The van der Waals surface area contributed by atoms with E-state index in [4.69, 9.17) is 4.74 Å². The van der Waals surface area contributed by atoms with Crippen molar-refractivity contribution in [1.82, 2.24) is 14.8 Å². The Hall–Kier alpha value is -1.62. The maximum atomic E-state index is 12.4. The van der Waals surface area contributed by atoms with E-state index in [1.54, 1.807) is 25.6 Å². The van der Waals surface area contributed by atoms with E-state index < -0.39 is 0 Å². The number of hydrogen-bond acceptors (Lipinski definition) is 4. The van der Waals surface area contributed by atoms with Gasteiger partial charge >= 0.3 is 0 Å². The molecule has 2 unspecified atom stereocenters. The zero-order valence-corrected chi connectivity index (χ0v) is 10.7. The molecule has 1 aromatic heterocycles. The zero-order valence-electron chi connectivity index (χ0n) is 10.7. The van der Waals surface area contributed by atoms with Gasteiger partial charge in [0.05, 0.1) is 18.9 Å². The Kier molecular flexibility index (Phi) is 2.70. The van der Waals surface area contributed by atoms with Gasteiger partial charge in [0.2, 0.25) is 0 Å². The van der Waals surface area contributed by atoms with E-state index in [1.165, 1.54) is 0 Å². The molecule has 0 saturated carbocycles. The van der Waals surface area contributed by atoms with Gasteiger partial charge in [-0.1, -0.05) is 0 Å². The number of piperazine rings is 1. The third kappa shape index (κ3) is 1.75. The lowest BCUT2D eigenvalue weighted by Gasteiger charge is -2.55. The molecule has 5 nitrogen and oxygen atoms in total. The summed E-state index contributed by atoms with van der Waals surface area (Å²) in [5, 5.41) is 0. The van der Waals surface area contributed by atoms with Crippen LogP contribution in [-0.4, -0.2) is 60.0 Å². The summed E-state index contributed by atoms with van der Waals surface area (Å²) in [7, 11) is 3.69. The SMILES string of the molecule is COc1cncc(C(=O)N2C3CC2CN(C)C3)c1. The van der Waals surface area contributed by atoms with Crippen LogP contribution < -0.4 is 4.74 Å². The van der Waals surface area contributed by atoms with E-state index >= 15 is 0 Å². The van der Waals surface area contributed by atoms with Crippen LogP contribution in [-0.2, 0) is 0 Å². The highest BCUT2D eigenvalue weighted by molar-refractivity contribution is 5.95. The average molecular weight is 247 g/mol. The minimum atomic E-state index is 0.0794. The van der Waals surface area contributed by atoms with Crippen molar-refractivity contribution in [3.05, 3.63) is 24.0 Å². The lowest BCUT2D eigenvalue weighted by atomic mass is 9.87. The number of pyridine rings is 1. The van der Waals surface area contributed by atoms with Gasteiger partial charge in [0.1, 0.15) is 5.75 Å². The van der Waals surface area contributed by atoms with Crippen LogP contribution >= 0.6 is 0 Å². The molecule has 0 aromatic carbocycles. The molecule has 2 fully saturated rings. The zero-order chi connectivity index (χ0) is 12.7. The molecule has 2 bridgehead atoms. The Bertz CT molecular complexity index is 465. The number of amides is 1. The first-order chi connectivity index (χ1) is 8.69. The van der Waals surface area contributed by atoms with Crippen LogP contribution in [0, 0.1) is 0 Å². The molecule has 2 aliphatic heterocycles. The molecule has 0 radical (unpaired) electrons. The van der Waals surface area contributed by atoms with E-state index in [1.807, 2.05) is 4.90 Å². The molecule has 1 aromatic rings. The van der Waals surface area contributed by atoms with Gasteiger partial charge in [-0.05, 0) is 19.5 Å². The first kappa shape index (κ1) is 11.5. The van der Waals surface area contributed by atoms with Gasteiger partial charge in [-0.25, -0.2) is 0 Å². The summed E-state index contributed by atoms with van der Waals surface area (Å²) in [5.74, 6) is 0.708. The number of methoxy groups -OCH3 is 1. The largest absolute Gasteiger partial charge is 0.495 e. The summed E-state index contributed by atoms with van der Waals surface area (Å²) in [5.41, 5.74) is 0.619. The predicted octanol–water partition coefficient (Wildman–Crippen LogP) is 0.619. The number of likely N-dealkylation sites (N-methyl/N-ethyl adjacent to an activating group) is 1. The Balaban J connectivity index is 1.79. The molecule has 0 aliphatic carbocycles. The highest BCUT2D eigenvalue weighted by atomic mass is 16.5. The number of likely N-dealkylation sites (tertiary alicyclic amines) is 2. The van der Waals surface area contributed by atoms with Crippen molar-refractivity contribution < 1.29 is 9.53 Å². The first-order valence-corrected chi connectivity index (χ1v) is 6.19. The molecule has 96 valence electrons. The van der Waals surface area contributed by atoms with Crippen molar-refractivity contribution in [2.75, 3.05) is 27.2 Å². The second kappa shape index (κ2) is 4.24. The predicted molar refractivity (Wildman–Crippen MR) is 66.6 cm³/mol. The molecule has 2 atom stereocenters. The number of carbonyl (C=O) groups excluding carboxylic acids is 1. The smallest absolute Gasteiger partial charge is 0.256 e. The molecule has 3 heterocycles. The van der Waals surface area contributed by atoms with Crippen molar-refractivity contribution in [1.29, 1.82) is 0 Å². The number of nitrogens with zero attached hydrogens (tertiary/aromatic N) is 3. The Morgan fingerprint density at radius 3 is 2.78 bits per heavy atom. The number of ether oxygens (including phenoxy) is 1. The number of piperidine rings is 1. The van der Waals surface area contributed by atoms with Crippen molar-refractivity contribution in [2.45, 2.75) is 18.5 Å². The van der Waals surface area contributed by atoms with Crippen LogP contribution in [0.2, 0.25) is 0 Å². The fraction of sp³-hybridized carbons (Fsp3) is 0.538. The van der Waals surface area contributed by atoms with Gasteiger partial charge in [-0.2, -0.15) is 0 Å². The molecule has 2 aliphatic rings. The van der Waals surface area contributed by atoms with Crippen molar-refractivity contribution in [3.63, 3.8) is 0 Å². The second-order valence-electron chi connectivity index (χ2n) is 5.09. The molecule has 0 spiro atoms. The minimum absolute atomic E-state index is 0.0794. The average Bonchev–Trinajstić information content (AvgIpc) is 2.38. The van der Waals surface area contributed by atoms with Gasteiger partial charge in [-0.15, -0.1) is 0 Å². The van der Waals surface area contributed by atoms with Gasteiger partial charge in [0.25, 0.3) is 5.91 Å². The van der Waals surface area contributed by atoms with Crippen LogP contribution in [0.3, 0.4) is 0 Å². The van der Waals surface area contributed by atoms with Gasteiger partial charge < -0.3 is 14.5 Å². The second-order valence-corrected chi connectivity index (χ2v) is 5.09. The quantitative estimate of drug-likeness (QED) is 0.768. The summed E-state index contributed by atoms with van der Waals surface area (Å²) in [6.45, 7) is 1.94. The van der Waals surface area contributed by atoms with E-state index in [9.17, 15) is 4.79 Å². The normalized spacial score (nSPS) is 26.7. The monoisotopic (exact) mass is 247 g/mol. The van der Waals surface area contributed by atoms with Crippen molar-refractivity contribution in [3.8, 4) is 5.75 Å². The minimum Gasteiger partial charge on any atom is -0.495 e. The Morgan fingerprint density at radius 1 is 1.39 bits per heavy atom. The van der Waals surface area contributed by atoms with E-state index in [2.05, 4.69) is 16.9 Å². The van der Waals surface area contributed by atoms with Gasteiger partial charge in [-0.3, -0.25) is 9.78 Å². The van der Waals surface area contributed by atoms with Gasteiger partial charge in [0.15, 0.2) is 0 Å². The molecule has 0 N–H and O–H groups in total. The Labute approximate surface area is 106 Å². The van der Waals surface area contributed by atoms with Crippen molar-refractivity contribution in [2.24, 2.45) is 0 Å². The summed E-state index contributed by atoms with van der Waals surface area (Å²) in [4.78, 5) is 20.8. The van der Waals surface area contributed by atoms with Crippen LogP contribution in [0.5, 0.6) is 5.75 Å². The fourth-order valence-electron chi connectivity index (χ4n) is 2.95. The standard InChI is InChI=1S/C13H17N3O2/c1-15-7-10-4-11(8-15)16(10)13(17)9-3-12(18-2)6-14-5-9/h3,5-6,10-11H,4,7-8H2,1-2H3. The topological polar surface area (TPSA) is 45.7 Å². The number of hydrogen-bond donors (Lipinski definition) is 0. The molecular formula is C13H17N3O2. The van der Waals surface area contributed by atoms with E-state index in [0.717, 1.165) is 19.5 Å². The maximum Gasteiger partial charge on any atom is 0.256 e. The molecule has 1 amide bonds. The number of aromatic nitrogens is 1. The molecule has 18 heavy (non-hydrogen) atoms. The number of rotatable bonds is 2. The molecule has 3 rings (SSSR count).